The molecule has 1 amide bonds. The summed E-state index contributed by atoms with van der Waals surface area (Å²) in [6.45, 7) is 0.336. The highest BCUT2D eigenvalue weighted by Gasteiger charge is 2.46. The van der Waals surface area contributed by atoms with Gasteiger partial charge in [0.25, 0.3) is 11.6 Å². The van der Waals surface area contributed by atoms with Crippen LogP contribution in [-0.2, 0) is 9.53 Å². The van der Waals surface area contributed by atoms with E-state index in [9.17, 15) is 24.8 Å². The molecule has 0 saturated carbocycles. The number of nitrogens with zero attached hydrogens (tertiary/aromatic N) is 2. The molecule has 2 N–H and O–H groups in total. The number of hydrogen-bond donors (Lipinski definition) is 2. The number of hydrogen-bond acceptors (Lipinski definition) is 5. The number of para-hydroxylation sites is 1. The highest BCUT2D eigenvalue weighted by atomic mass is 16.6. The van der Waals surface area contributed by atoms with Crippen molar-refractivity contribution >= 4 is 28.5 Å². The number of carbonyl (C=O) groups is 2. The van der Waals surface area contributed by atoms with Crippen LogP contribution in [0.3, 0.4) is 0 Å². The van der Waals surface area contributed by atoms with E-state index in [0.29, 0.717) is 11.8 Å². The molecule has 1 aliphatic rings. The van der Waals surface area contributed by atoms with Crippen LogP contribution in [0.1, 0.15) is 16.9 Å². The van der Waals surface area contributed by atoms with E-state index in [0.717, 1.165) is 0 Å². The quantitative estimate of drug-likeness (QED) is 0.625. The van der Waals surface area contributed by atoms with Crippen LogP contribution in [0.4, 0.5) is 5.69 Å². The maximum absolute atomic E-state index is 12.7. The number of ether oxygens (including phenoxy) is 1. The van der Waals surface area contributed by atoms with Crippen LogP contribution >= 0.6 is 0 Å². The third-order valence-electron chi connectivity index (χ3n) is 4.58. The first-order valence-electron chi connectivity index (χ1n) is 7.66. The lowest BCUT2D eigenvalue weighted by Crippen LogP contribution is -2.40. The van der Waals surface area contributed by atoms with Crippen LogP contribution in [-0.4, -0.2) is 58.6 Å². The van der Waals surface area contributed by atoms with Crippen molar-refractivity contribution < 1.29 is 24.4 Å². The highest BCUT2D eigenvalue weighted by Crippen LogP contribution is 2.33. The molecule has 1 aromatic heterocycles. The zero-order valence-corrected chi connectivity index (χ0v) is 13.5. The molecule has 0 radical (unpaired) electrons. The van der Waals surface area contributed by atoms with E-state index >= 15 is 0 Å². The van der Waals surface area contributed by atoms with E-state index in [-0.39, 0.29) is 42.5 Å². The summed E-state index contributed by atoms with van der Waals surface area (Å²) in [5.74, 6) is -1.39. The maximum Gasteiger partial charge on any atom is 0.313 e. The second kappa shape index (κ2) is 6.17. The Labute approximate surface area is 142 Å². The summed E-state index contributed by atoms with van der Waals surface area (Å²) in [6, 6.07) is 6.12. The molecular formula is C16H17N3O6. The Hall–Kier alpha value is -2.94. The van der Waals surface area contributed by atoms with Gasteiger partial charge in [0.15, 0.2) is 0 Å². The van der Waals surface area contributed by atoms with Crippen LogP contribution in [0.15, 0.2) is 24.3 Å². The topological polar surface area (TPSA) is 126 Å². The summed E-state index contributed by atoms with van der Waals surface area (Å²) in [7, 11) is 1.42. The van der Waals surface area contributed by atoms with Crippen molar-refractivity contribution in [3.8, 4) is 0 Å². The van der Waals surface area contributed by atoms with E-state index in [1.807, 2.05) is 0 Å². The van der Waals surface area contributed by atoms with Gasteiger partial charge < -0.3 is 19.7 Å². The number of fused-ring (bicyclic) bond motifs is 1. The van der Waals surface area contributed by atoms with E-state index in [4.69, 9.17) is 4.74 Å². The Kier molecular flexibility index (Phi) is 4.17. The molecule has 25 heavy (non-hydrogen) atoms. The van der Waals surface area contributed by atoms with Gasteiger partial charge in [-0.3, -0.25) is 19.7 Å². The minimum Gasteiger partial charge on any atom is -0.481 e. The normalized spacial score (nSPS) is 20.1. The van der Waals surface area contributed by atoms with Crippen LogP contribution in [0.2, 0.25) is 0 Å². The minimum absolute atomic E-state index is 0.0181. The van der Waals surface area contributed by atoms with E-state index in [1.54, 1.807) is 18.2 Å². The van der Waals surface area contributed by atoms with Gasteiger partial charge in [0, 0.05) is 31.7 Å². The fourth-order valence-electron chi connectivity index (χ4n) is 3.25. The zero-order valence-electron chi connectivity index (χ0n) is 13.5. The van der Waals surface area contributed by atoms with E-state index in [1.165, 1.54) is 18.1 Å². The molecule has 132 valence electrons. The highest BCUT2D eigenvalue weighted by molar-refractivity contribution is 6.00. The van der Waals surface area contributed by atoms with Gasteiger partial charge in [0.2, 0.25) is 0 Å². The maximum atomic E-state index is 12.7. The van der Waals surface area contributed by atoms with Gasteiger partial charge >= 0.3 is 5.97 Å². The van der Waals surface area contributed by atoms with Crippen LogP contribution < -0.4 is 0 Å². The van der Waals surface area contributed by atoms with Crippen molar-refractivity contribution in [1.82, 2.24) is 9.88 Å². The number of nitro groups is 1. The lowest BCUT2D eigenvalue weighted by molar-refractivity contribution is -0.383. The number of carbonyl (C=O) groups excluding carboxylic acids is 1. The number of methoxy groups -OCH3 is 1. The number of carboxylic acid groups (broad SMARTS) is 1. The number of amides is 1. The average Bonchev–Trinajstić information content (AvgIpc) is 3.18. The Bertz CT molecular complexity index is 861. The molecule has 0 aliphatic carbocycles. The van der Waals surface area contributed by atoms with Crippen LogP contribution in [0, 0.1) is 15.5 Å². The van der Waals surface area contributed by atoms with Gasteiger partial charge in [0.1, 0.15) is 16.6 Å². The molecule has 3 rings (SSSR count). The molecule has 0 bridgehead atoms. The number of benzene rings is 1. The molecule has 0 spiro atoms. The van der Waals surface area contributed by atoms with Crippen molar-refractivity contribution in [2.75, 3.05) is 26.8 Å². The number of nitro benzene ring substituents is 1. The fraction of sp³-hybridized carbons (Fsp3) is 0.375. The second-order valence-electron chi connectivity index (χ2n) is 6.18. The fourth-order valence-corrected chi connectivity index (χ4v) is 3.25. The molecule has 9 nitrogen and oxygen atoms in total. The number of aromatic amines is 1. The summed E-state index contributed by atoms with van der Waals surface area (Å²) in [5.41, 5.74) is -0.765. The van der Waals surface area contributed by atoms with Crippen molar-refractivity contribution in [2.24, 2.45) is 5.41 Å². The molecule has 1 atom stereocenters. The number of non-ortho nitro benzene ring substituents is 1. The lowest BCUT2D eigenvalue weighted by Gasteiger charge is -2.23. The van der Waals surface area contributed by atoms with Gasteiger partial charge in [-0.1, -0.05) is 12.1 Å². The van der Waals surface area contributed by atoms with Gasteiger partial charge in [-0.05, 0) is 12.5 Å². The molecule has 1 fully saturated rings. The summed E-state index contributed by atoms with van der Waals surface area (Å²) in [5, 5.41) is 21.1. The summed E-state index contributed by atoms with van der Waals surface area (Å²) < 4.78 is 5.01. The van der Waals surface area contributed by atoms with Crippen molar-refractivity contribution in [3.63, 3.8) is 0 Å². The number of H-pyrrole nitrogens is 1. The zero-order chi connectivity index (χ0) is 18.2. The number of aromatic nitrogens is 1. The van der Waals surface area contributed by atoms with E-state index < -0.39 is 16.3 Å². The van der Waals surface area contributed by atoms with E-state index in [2.05, 4.69) is 4.98 Å². The molecule has 1 aromatic carbocycles. The Morgan fingerprint density at radius 3 is 2.88 bits per heavy atom. The SMILES string of the molecule is COCC1(C(=O)O)CCN(C(=O)c2cc3cccc([N+](=O)[O-])c3[nH]2)C1. The molecule has 2 heterocycles. The Balaban J connectivity index is 1.89. The van der Waals surface area contributed by atoms with Gasteiger partial charge in [-0.2, -0.15) is 0 Å². The summed E-state index contributed by atoms with van der Waals surface area (Å²) in [6.07, 6.45) is 0.294. The second-order valence-corrected chi connectivity index (χ2v) is 6.18. The average molecular weight is 347 g/mol. The first kappa shape index (κ1) is 16.9. The summed E-state index contributed by atoms with van der Waals surface area (Å²) >= 11 is 0. The van der Waals surface area contributed by atoms with Crippen molar-refractivity contribution in [2.45, 2.75) is 6.42 Å². The van der Waals surface area contributed by atoms with Crippen LogP contribution in [0.5, 0.6) is 0 Å². The largest absolute Gasteiger partial charge is 0.481 e. The van der Waals surface area contributed by atoms with Crippen LogP contribution in [0.25, 0.3) is 10.9 Å². The first-order valence-corrected chi connectivity index (χ1v) is 7.66. The van der Waals surface area contributed by atoms with Crippen molar-refractivity contribution in [3.05, 3.63) is 40.1 Å². The number of nitrogens with one attached hydrogen (secondary N) is 1. The minimum atomic E-state index is -1.12. The van der Waals surface area contributed by atoms with Gasteiger partial charge in [-0.15, -0.1) is 0 Å². The third kappa shape index (κ3) is 2.82. The standard InChI is InChI=1S/C16H17N3O6/c1-25-9-16(15(21)22)5-6-18(8-16)14(20)11-7-10-3-2-4-12(19(23)24)13(10)17-11/h2-4,7,17H,5-6,8-9H2,1H3,(H,21,22). The molecule has 9 heteroatoms. The number of rotatable bonds is 5. The third-order valence-corrected chi connectivity index (χ3v) is 4.58. The molecule has 1 unspecified atom stereocenters. The predicted molar refractivity (Wildman–Crippen MR) is 87.4 cm³/mol. The molecule has 1 aliphatic heterocycles. The number of aliphatic carboxylic acids is 1. The smallest absolute Gasteiger partial charge is 0.313 e. The molecule has 2 aromatic rings. The van der Waals surface area contributed by atoms with Gasteiger partial charge in [0.05, 0.1) is 11.5 Å². The molecule has 1 saturated heterocycles. The monoisotopic (exact) mass is 347 g/mol. The lowest BCUT2D eigenvalue weighted by atomic mass is 9.88. The predicted octanol–water partition coefficient (Wildman–Crippen LogP) is 1.64. The number of carboxylic acids is 1. The molecular weight excluding hydrogens is 330 g/mol. The Morgan fingerprint density at radius 1 is 1.48 bits per heavy atom. The number of likely N-dealkylation sites (tertiary alicyclic amines) is 1. The summed E-state index contributed by atoms with van der Waals surface area (Å²) in [4.78, 5) is 39.1. The first-order chi connectivity index (χ1) is 11.9. The Morgan fingerprint density at radius 2 is 2.24 bits per heavy atom. The van der Waals surface area contributed by atoms with Gasteiger partial charge in [-0.25, -0.2) is 0 Å². The van der Waals surface area contributed by atoms with Crippen molar-refractivity contribution in [1.29, 1.82) is 0 Å².